The predicted octanol–water partition coefficient (Wildman–Crippen LogP) is 3.73. The molecule has 2 aliphatic rings. The van der Waals surface area contributed by atoms with E-state index in [9.17, 15) is 19.5 Å². The molecule has 39 heavy (non-hydrogen) atoms. The summed E-state index contributed by atoms with van der Waals surface area (Å²) in [5.74, 6) is 0.229. The normalized spacial score (nSPS) is 20.9. The number of ether oxygens (including phenoxy) is 1. The molecule has 1 aliphatic carbocycles. The van der Waals surface area contributed by atoms with E-state index >= 15 is 0 Å². The third kappa shape index (κ3) is 6.17. The summed E-state index contributed by atoms with van der Waals surface area (Å²) in [7, 11) is 0. The fraction of sp³-hybridized carbons (Fsp3) is 0.452. The number of benzene rings is 2. The van der Waals surface area contributed by atoms with Gasteiger partial charge in [-0.05, 0) is 49.4 Å². The summed E-state index contributed by atoms with van der Waals surface area (Å²) in [4.78, 5) is 39.5. The van der Waals surface area contributed by atoms with Crippen LogP contribution in [0.2, 0.25) is 0 Å². The second kappa shape index (κ2) is 11.6. The molecular formula is C31H36N2O6. The van der Waals surface area contributed by atoms with Crippen LogP contribution >= 0.6 is 0 Å². The van der Waals surface area contributed by atoms with Crippen molar-refractivity contribution in [3.63, 3.8) is 0 Å². The van der Waals surface area contributed by atoms with Crippen molar-refractivity contribution in [1.82, 2.24) is 10.2 Å². The average Bonchev–Trinajstić information content (AvgIpc) is 2.94. The molecule has 206 valence electrons. The third-order valence-corrected chi connectivity index (χ3v) is 8.29. The number of rotatable bonds is 8. The number of aliphatic hydroxyl groups is 1. The van der Waals surface area contributed by atoms with Gasteiger partial charge in [0.15, 0.2) is 6.61 Å². The highest BCUT2D eigenvalue weighted by atomic mass is 16.5. The number of likely N-dealkylation sites (tertiary alicyclic amines) is 1. The van der Waals surface area contributed by atoms with Crippen molar-refractivity contribution < 1.29 is 23.8 Å². The summed E-state index contributed by atoms with van der Waals surface area (Å²) in [5, 5.41) is 14.4. The quantitative estimate of drug-likeness (QED) is 0.428. The average molecular weight is 533 g/mol. The summed E-state index contributed by atoms with van der Waals surface area (Å²) in [6.45, 7) is 3.08. The maximum Gasteiger partial charge on any atom is 0.340 e. The first kappa shape index (κ1) is 26.9. The maximum absolute atomic E-state index is 12.7. The molecule has 0 radical (unpaired) electrons. The molecular weight excluding hydrogens is 496 g/mol. The minimum Gasteiger partial charge on any atom is -0.484 e. The Morgan fingerprint density at radius 2 is 1.97 bits per heavy atom. The first-order chi connectivity index (χ1) is 18.8. The van der Waals surface area contributed by atoms with Gasteiger partial charge in [-0.1, -0.05) is 43.2 Å². The maximum atomic E-state index is 12.7. The van der Waals surface area contributed by atoms with Crippen LogP contribution in [-0.2, 0) is 16.0 Å². The molecule has 2 amide bonds. The van der Waals surface area contributed by atoms with Gasteiger partial charge in [0.2, 0.25) is 5.91 Å². The van der Waals surface area contributed by atoms with Crippen molar-refractivity contribution in [2.24, 2.45) is 5.92 Å². The number of hydrogen-bond donors (Lipinski definition) is 2. The van der Waals surface area contributed by atoms with E-state index in [0.29, 0.717) is 42.8 Å². The molecule has 3 aromatic rings. The number of carbonyl (C=O) groups is 2. The molecule has 0 bridgehead atoms. The zero-order chi connectivity index (χ0) is 27.4. The molecule has 1 saturated heterocycles. The molecule has 1 aromatic heterocycles. The van der Waals surface area contributed by atoms with Crippen LogP contribution in [0.3, 0.4) is 0 Å². The van der Waals surface area contributed by atoms with Crippen molar-refractivity contribution in [3.05, 3.63) is 75.6 Å². The Kier molecular flexibility index (Phi) is 8.02. The van der Waals surface area contributed by atoms with Crippen molar-refractivity contribution >= 4 is 22.8 Å². The van der Waals surface area contributed by atoms with Crippen LogP contribution in [0.1, 0.15) is 55.2 Å². The van der Waals surface area contributed by atoms with E-state index in [1.807, 2.05) is 48.2 Å². The predicted molar refractivity (Wildman–Crippen MR) is 148 cm³/mol. The zero-order valence-corrected chi connectivity index (χ0v) is 22.4. The molecule has 8 heteroatoms. The Labute approximate surface area is 228 Å². The van der Waals surface area contributed by atoms with Crippen LogP contribution < -0.4 is 15.7 Å². The molecule has 2 N–H and O–H groups in total. The Balaban J connectivity index is 1.11. The first-order valence-corrected chi connectivity index (χ1v) is 13.8. The zero-order valence-electron chi connectivity index (χ0n) is 22.4. The molecule has 2 fully saturated rings. The lowest BCUT2D eigenvalue weighted by Gasteiger charge is -2.47. The second-order valence-corrected chi connectivity index (χ2v) is 10.8. The first-order valence-electron chi connectivity index (χ1n) is 13.8. The topological polar surface area (TPSA) is 109 Å². The van der Waals surface area contributed by atoms with Gasteiger partial charge in [-0.2, -0.15) is 0 Å². The van der Waals surface area contributed by atoms with E-state index in [1.54, 1.807) is 12.1 Å². The molecule has 0 unspecified atom stereocenters. The van der Waals surface area contributed by atoms with Gasteiger partial charge < -0.3 is 24.5 Å². The lowest BCUT2D eigenvalue weighted by atomic mass is 9.71. The SMILES string of the molecule is Cc1c(Cc2ccccc2)c(=O)oc2cc(OCC(=O)NCCC(=O)N3CC[C@@]4(O)CCCC[C@@H]4C3)ccc12. The second-order valence-electron chi connectivity index (χ2n) is 10.8. The van der Waals surface area contributed by atoms with Gasteiger partial charge in [0.05, 0.1) is 5.60 Å². The fourth-order valence-corrected chi connectivity index (χ4v) is 5.93. The molecule has 8 nitrogen and oxygen atoms in total. The number of aryl methyl sites for hydroxylation is 1. The van der Waals surface area contributed by atoms with Crippen molar-refractivity contribution in [3.8, 4) is 5.75 Å². The molecule has 5 rings (SSSR count). The number of nitrogens with zero attached hydrogens (tertiary/aromatic N) is 1. The lowest BCUT2D eigenvalue weighted by molar-refractivity contribution is -0.143. The van der Waals surface area contributed by atoms with Crippen molar-refractivity contribution in [1.29, 1.82) is 0 Å². The molecule has 2 heterocycles. The smallest absolute Gasteiger partial charge is 0.340 e. The van der Waals surface area contributed by atoms with Crippen LogP contribution in [-0.4, -0.2) is 53.7 Å². The third-order valence-electron chi connectivity index (χ3n) is 8.29. The van der Waals surface area contributed by atoms with Gasteiger partial charge in [-0.15, -0.1) is 0 Å². The fourth-order valence-electron chi connectivity index (χ4n) is 5.93. The van der Waals surface area contributed by atoms with E-state index in [-0.39, 0.29) is 42.9 Å². The van der Waals surface area contributed by atoms with Gasteiger partial charge >= 0.3 is 5.63 Å². The lowest BCUT2D eigenvalue weighted by Crippen LogP contribution is -2.54. The Hall–Kier alpha value is -3.65. The van der Waals surface area contributed by atoms with Gasteiger partial charge in [-0.3, -0.25) is 9.59 Å². The minimum absolute atomic E-state index is 0.00426. The Bertz CT molecular complexity index is 1400. The summed E-state index contributed by atoms with van der Waals surface area (Å²) < 4.78 is 11.2. The van der Waals surface area contributed by atoms with Crippen LogP contribution in [0.5, 0.6) is 5.75 Å². The number of piperidine rings is 1. The number of fused-ring (bicyclic) bond motifs is 2. The molecule has 2 aromatic carbocycles. The number of amides is 2. The van der Waals surface area contributed by atoms with Crippen LogP contribution in [0, 0.1) is 12.8 Å². The Morgan fingerprint density at radius 3 is 2.79 bits per heavy atom. The number of carbonyl (C=O) groups excluding carboxylic acids is 2. The largest absolute Gasteiger partial charge is 0.484 e. The molecule has 1 saturated carbocycles. The van der Waals surface area contributed by atoms with Gasteiger partial charge in [0.1, 0.15) is 11.3 Å². The summed E-state index contributed by atoms with van der Waals surface area (Å²) in [5.41, 5.74) is 1.92. The van der Waals surface area contributed by atoms with Crippen LogP contribution in [0.15, 0.2) is 57.7 Å². The van der Waals surface area contributed by atoms with Gasteiger partial charge in [-0.25, -0.2) is 4.79 Å². The summed E-state index contributed by atoms with van der Waals surface area (Å²) >= 11 is 0. The van der Waals surface area contributed by atoms with Gasteiger partial charge in [0, 0.05) is 55.4 Å². The van der Waals surface area contributed by atoms with Crippen LogP contribution in [0.25, 0.3) is 11.0 Å². The van der Waals surface area contributed by atoms with E-state index in [1.165, 1.54) is 0 Å². The monoisotopic (exact) mass is 532 g/mol. The highest BCUT2D eigenvalue weighted by Crippen LogP contribution is 2.39. The summed E-state index contributed by atoms with van der Waals surface area (Å²) in [6, 6.07) is 15.0. The summed E-state index contributed by atoms with van der Waals surface area (Å²) in [6.07, 6.45) is 5.27. The molecule has 2 atom stereocenters. The Morgan fingerprint density at radius 1 is 1.15 bits per heavy atom. The van der Waals surface area contributed by atoms with Crippen molar-refractivity contribution in [2.45, 2.75) is 57.5 Å². The van der Waals surface area contributed by atoms with E-state index in [2.05, 4.69) is 5.32 Å². The number of hydrogen-bond acceptors (Lipinski definition) is 6. The molecule has 0 spiro atoms. The van der Waals surface area contributed by atoms with E-state index < -0.39 is 5.60 Å². The van der Waals surface area contributed by atoms with Crippen LogP contribution in [0.4, 0.5) is 0 Å². The van der Waals surface area contributed by atoms with Gasteiger partial charge in [0.25, 0.3) is 5.91 Å². The molecule has 1 aliphatic heterocycles. The minimum atomic E-state index is -0.616. The van der Waals surface area contributed by atoms with E-state index in [4.69, 9.17) is 9.15 Å². The highest BCUT2D eigenvalue weighted by Gasteiger charge is 2.43. The van der Waals surface area contributed by atoms with Crippen molar-refractivity contribution in [2.75, 3.05) is 26.2 Å². The number of nitrogens with one attached hydrogen (secondary N) is 1. The van der Waals surface area contributed by atoms with E-state index in [0.717, 1.165) is 42.2 Å². The highest BCUT2D eigenvalue weighted by molar-refractivity contribution is 5.83. The standard InChI is InChI=1S/C31H36N2O6/c1-21-25-11-10-24(18-27(25)39-30(36)26(21)17-22-7-3-2-4-8-22)38-20-28(34)32-15-12-29(35)33-16-14-31(37)13-6-5-9-23(31)19-33/h2-4,7-8,10-11,18,23,37H,5-6,9,12-17,19-20H2,1H3,(H,32,34)/t23-,31+/m1/s1.